The van der Waals surface area contributed by atoms with E-state index in [1.807, 2.05) is 6.92 Å². The second-order valence-electron chi connectivity index (χ2n) is 6.04. The van der Waals surface area contributed by atoms with E-state index >= 15 is 0 Å². The van der Waals surface area contributed by atoms with Gasteiger partial charge < -0.3 is 5.32 Å². The van der Waals surface area contributed by atoms with Crippen LogP contribution in [0.3, 0.4) is 0 Å². The maximum atomic E-state index is 6.46. The number of aromatic nitrogens is 2. The molecule has 2 rings (SSSR count). The summed E-state index contributed by atoms with van der Waals surface area (Å²) in [4.78, 5) is 2.54. The molecular formula is C16H29ClN4. The molecule has 1 aromatic rings. The SMILES string of the molecule is CCCCN(Cc1c(Cl)c(C)nn1CC)CC1CCCN1. The number of rotatable bonds is 8. The molecule has 0 aromatic carbocycles. The maximum absolute atomic E-state index is 6.46. The minimum Gasteiger partial charge on any atom is -0.313 e. The molecule has 1 N–H and O–H groups in total. The number of aryl methyl sites for hydroxylation is 2. The van der Waals surface area contributed by atoms with Crippen LogP contribution in [0.25, 0.3) is 0 Å². The Morgan fingerprint density at radius 1 is 1.43 bits per heavy atom. The highest BCUT2D eigenvalue weighted by molar-refractivity contribution is 6.31. The summed E-state index contributed by atoms with van der Waals surface area (Å²) in [5, 5.41) is 8.98. The Labute approximate surface area is 133 Å². The summed E-state index contributed by atoms with van der Waals surface area (Å²) in [6.07, 6.45) is 5.07. The largest absolute Gasteiger partial charge is 0.313 e. The van der Waals surface area contributed by atoms with Crippen molar-refractivity contribution >= 4 is 11.6 Å². The van der Waals surface area contributed by atoms with Crippen molar-refractivity contribution in [3.63, 3.8) is 0 Å². The molecular weight excluding hydrogens is 284 g/mol. The number of hydrogen-bond acceptors (Lipinski definition) is 3. The van der Waals surface area contributed by atoms with Crippen molar-refractivity contribution in [1.82, 2.24) is 20.0 Å². The van der Waals surface area contributed by atoms with Crippen LogP contribution in [-0.2, 0) is 13.1 Å². The third-order valence-corrected chi connectivity index (χ3v) is 4.79. The third-order valence-electron chi connectivity index (χ3n) is 4.30. The molecule has 0 amide bonds. The normalized spacial score (nSPS) is 18.8. The first-order valence-electron chi connectivity index (χ1n) is 8.33. The Balaban J connectivity index is 2.06. The predicted molar refractivity (Wildman–Crippen MR) is 88.9 cm³/mol. The fraction of sp³-hybridized carbons (Fsp3) is 0.812. The smallest absolute Gasteiger partial charge is 0.0860 e. The van der Waals surface area contributed by atoms with E-state index in [9.17, 15) is 0 Å². The van der Waals surface area contributed by atoms with E-state index in [4.69, 9.17) is 11.6 Å². The van der Waals surface area contributed by atoms with E-state index in [1.54, 1.807) is 0 Å². The zero-order valence-electron chi connectivity index (χ0n) is 13.7. The standard InChI is InChI=1S/C16H29ClN4/c1-4-6-10-20(11-14-8-7-9-18-14)12-15-16(17)13(3)19-21(15)5-2/h14,18H,4-12H2,1-3H3. The summed E-state index contributed by atoms with van der Waals surface area (Å²) in [6, 6.07) is 0.639. The van der Waals surface area contributed by atoms with E-state index in [2.05, 4.69) is 33.8 Å². The molecule has 5 heteroatoms. The number of nitrogens with zero attached hydrogens (tertiary/aromatic N) is 3. The van der Waals surface area contributed by atoms with Gasteiger partial charge in [-0.25, -0.2) is 0 Å². The van der Waals surface area contributed by atoms with Gasteiger partial charge in [0, 0.05) is 25.7 Å². The number of halogens is 1. The molecule has 0 spiro atoms. The van der Waals surface area contributed by atoms with Gasteiger partial charge in [-0.15, -0.1) is 0 Å². The minimum atomic E-state index is 0.639. The van der Waals surface area contributed by atoms with Crippen molar-refractivity contribution in [2.75, 3.05) is 19.6 Å². The molecule has 1 aliphatic rings. The van der Waals surface area contributed by atoms with Gasteiger partial charge in [0.15, 0.2) is 0 Å². The third kappa shape index (κ3) is 4.44. The summed E-state index contributed by atoms with van der Waals surface area (Å²) in [5.74, 6) is 0. The van der Waals surface area contributed by atoms with Gasteiger partial charge in [0.25, 0.3) is 0 Å². The predicted octanol–water partition coefficient (Wildman–Crippen LogP) is 3.22. The van der Waals surface area contributed by atoms with Crippen molar-refractivity contribution in [3.8, 4) is 0 Å². The fourth-order valence-electron chi connectivity index (χ4n) is 3.07. The molecule has 1 saturated heterocycles. The summed E-state index contributed by atoms with van der Waals surface area (Å²) in [6.45, 7) is 11.6. The van der Waals surface area contributed by atoms with E-state index in [0.29, 0.717) is 6.04 Å². The quantitative estimate of drug-likeness (QED) is 0.800. The molecule has 1 unspecified atom stereocenters. The van der Waals surface area contributed by atoms with Gasteiger partial charge in [-0.3, -0.25) is 9.58 Å². The van der Waals surface area contributed by atoms with Gasteiger partial charge in [-0.1, -0.05) is 24.9 Å². The highest BCUT2D eigenvalue weighted by atomic mass is 35.5. The monoisotopic (exact) mass is 312 g/mol. The van der Waals surface area contributed by atoms with Crippen molar-refractivity contribution in [3.05, 3.63) is 16.4 Å². The van der Waals surface area contributed by atoms with Crippen LogP contribution in [0.15, 0.2) is 0 Å². The second kappa shape index (κ2) is 8.16. The van der Waals surface area contributed by atoms with Crippen LogP contribution in [0.2, 0.25) is 5.02 Å². The van der Waals surface area contributed by atoms with Crippen LogP contribution in [0, 0.1) is 6.92 Å². The fourth-order valence-corrected chi connectivity index (χ4v) is 3.27. The minimum absolute atomic E-state index is 0.639. The van der Waals surface area contributed by atoms with Crippen LogP contribution in [0.4, 0.5) is 0 Å². The Morgan fingerprint density at radius 3 is 2.86 bits per heavy atom. The van der Waals surface area contributed by atoms with Crippen LogP contribution in [-0.4, -0.2) is 40.4 Å². The van der Waals surface area contributed by atoms with E-state index in [-0.39, 0.29) is 0 Å². The highest BCUT2D eigenvalue weighted by Gasteiger charge is 2.20. The molecule has 21 heavy (non-hydrogen) atoms. The van der Waals surface area contributed by atoms with Crippen molar-refractivity contribution < 1.29 is 0 Å². The van der Waals surface area contributed by atoms with E-state index in [0.717, 1.165) is 36.9 Å². The molecule has 4 nitrogen and oxygen atoms in total. The number of hydrogen-bond donors (Lipinski definition) is 1. The van der Waals surface area contributed by atoms with Gasteiger partial charge >= 0.3 is 0 Å². The Bertz CT molecular complexity index is 438. The molecule has 1 aliphatic heterocycles. The first-order valence-corrected chi connectivity index (χ1v) is 8.71. The summed E-state index contributed by atoms with van der Waals surface area (Å²) in [5.41, 5.74) is 2.12. The zero-order valence-corrected chi connectivity index (χ0v) is 14.4. The molecule has 120 valence electrons. The summed E-state index contributed by atoms with van der Waals surface area (Å²) in [7, 11) is 0. The maximum Gasteiger partial charge on any atom is 0.0860 e. The van der Waals surface area contributed by atoms with Crippen molar-refractivity contribution in [2.24, 2.45) is 0 Å². The lowest BCUT2D eigenvalue weighted by molar-refractivity contribution is 0.231. The van der Waals surface area contributed by atoms with Crippen LogP contribution >= 0.6 is 11.6 Å². The Hall–Kier alpha value is -0.580. The zero-order chi connectivity index (χ0) is 15.2. The molecule has 1 atom stereocenters. The second-order valence-corrected chi connectivity index (χ2v) is 6.42. The lowest BCUT2D eigenvalue weighted by atomic mass is 10.2. The molecule has 2 heterocycles. The van der Waals surface area contributed by atoms with Gasteiger partial charge in [0.05, 0.1) is 16.4 Å². The first kappa shape index (κ1) is 16.8. The highest BCUT2D eigenvalue weighted by Crippen LogP contribution is 2.22. The van der Waals surface area contributed by atoms with Crippen LogP contribution in [0.5, 0.6) is 0 Å². The van der Waals surface area contributed by atoms with E-state index in [1.165, 1.54) is 37.9 Å². The van der Waals surface area contributed by atoms with Gasteiger partial charge in [0.2, 0.25) is 0 Å². The average molecular weight is 313 g/mol. The van der Waals surface area contributed by atoms with Gasteiger partial charge in [-0.05, 0) is 46.2 Å². The average Bonchev–Trinajstić information content (AvgIpc) is 3.08. The molecule has 0 aliphatic carbocycles. The lowest BCUT2D eigenvalue weighted by Crippen LogP contribution is -2.38. The summed E-state index contributed by atoms with van der Waals surface area (Å²) < 4.78 is 2.05. The number of nitrogens with one attached hydrogen (secondary N) is 1. The van der Waals surface area contributed by atoms with Crippen molar-refractivity contribution in [1.29, 1.82) is 0 Å². The molecule has 0 bridgehead atoms. The molecule has 1 aromatic heterocycles. The van der Waals surface area contributed by atoms with Gasteiger partial charge in [-0.2, -0.15) is 5.10 Å². The first-order chi connectivity index (χ1) is 10.2. The summed E-state index contributed by atoms with van der Waals surface area (Å²) >= 11 is 6.46. The van der Waals surface area contributed by atoms with Crippen LogP contribution in [0.1, 0.15) is 50.9 Å². The molecule has 0 radical (unpaired) electrons. The van der Waals surface area contributed by atoms with Crippen molar-refractivity contribution in [2.45, 2.75) is 65.6 Å². The van der Waals surface area contributed by atoms with Gasteiger partial charge in [0.1, 0.15) is 0 Å². The van der Waals surface area contributed by atoms with Crippen LogP contribution < -0.4 is 5.32 Å². The number of unbranched alkanes of at least 4 members (excludes halogenated alkanes) is 1. The Kier molecular flexibility index (Phi) is 6.52. The molecule has 1 fully saturated rings. The molecule has 0 saturated carbocycles. The van der Waals surface area contributed by atoms with E-state index < -0.39 is 0 Å². The lowest BCUT2D eigenvalue weighted by Gasteiger charge is -2.26. The topological polar surface area (TPSA) is 33.1 Å². The Morgan fingerprint density at radius 2 is 2.24 bits per heavy atom.